The van der Waals surface area contributed by atoms with Crippen LogP contribution in [0.15, 0.2) is 0 Å². The Morgan fingerprint density at radius 1 is 1.15 bits per heavy atom. The summed E-state index contributed by atoms with van der Waals surface area (Å²) in [5.74, 6) is 0.256. The van der Waals surface area contributed by atoms with Crippen molar-refractivity contribution in [1.82, 2.24) is 15.1 Å². The number of piperazine rings is 1. The summed E-state index contributed by atoms with van der Waals surface area (Å²) in [7, 11) is 0. The third-order valence-corrected chi connectivity index (χ3v) is 4.01. The zero-order chi connectivity index (χ0) is 15.1. The van der Waals surface area contributed by atoms with E-state index in [4.69, 9.17) is 5.11 Å². The van der Waals surface area contributed by atoms with Crippen LogP contribution < -0.4 is 5.32 Å². The summed E-state index contributed by atoms with van der Waals surface area (Å²) < 4.78 is 0. The van der Waals surface area contributed by atoms with Crippen molar-refractivity contribution >= 4 is 12.0 Å². The van der Waals surface area contributed by atoms with Gasteiger partial charge in [0.25, 0.3) is 0 Å². The third kappa shape index (κ3) is 5.77. The highest BCUT2D eigenvalue weighted by Crippen LogP contribution is 2.08. The number of hydrogen-bond donors (Lipinski definition) is 2. The summed E-state index contributed by atoms with van der Waals surface area (Å²) in [6, 6.07) is -0.00427. The third-order valence-electron chi connectivity index (χ3n) is 4.01. The Hall–Kier alpha value is -1.30. The minimum Gasteiger partial charge on any atom is -0.481 e. The predicted molar refractivity (Wildman–Crippen MR) is 77.7 cm³/mol. The van der Waals surface area contributed by atoms with Crippen LogP contribution in [0, 0.1) is 11.8 Å². The number of aliphatic carboxylic acids is 1. The van der Waals surface area contributed by atoms with Crippen LogP contribution in [-0.2, 0) is 4.79 Å². The first kappa shape index (κ1) is 16.8. The van der Waals surface area contributed by atoms with E-state index < -0.39 is 5.97 Å². The Morgan fingerprint density at radius 3 is 2.25 bits per heavy atom. The monoisotopic (exact) mass is 285 g/mol. The molecular weight excluding hydrogens is 258 g/mol. The zero-order valence-corrected chi connectivity index (χ0v) is 12.8. The fourth-order valence-electron chi connectivity index (χ4n) is 2.02. The minimum absolute atomic E-state index is 0.00427. The first-order valence-corrected chi connectivity index (χ1v) is 7.37. The van der Waals surface area contributed by atoms with Gasteiger partial charge in [-0.2, -0.15) is 0 Å². The Morgan fingerprint density at radius 2 is 1.75 bits per heavy atom. The molecule has 1 unspecified atom stereocenters. The van der Waals surface area contributed by atoms with E-state index in [1.807, 2.05) is 4.90 Å². The van der Waals surface area contributed by atoms with Crippen molar-refractivity contribution in [3.63, 3.8) is 0 Å². The van der Waals surface area contributed by atoms with Crippen LogP contribution in [0.25, 0.3) is 0 Å². The molecular formula is C14H27N3O3. The molecule has 20 heavy (non-hydrogen) atoms. The molecule has 1 rings (SSSR count). The predicted octanol–water partition coefficient (Wildman–Crippen LogP) is 1.08. The van der Waals surface area contributed by atoms with Crippen molar-refractivity contribution in [3.05, 3.63) is 0 Å². The van der Waals surface area contributed by atoms with Crippen LogP contribution in [0.1, 0.15) is 27.2 Å². The molecule has 1 atom stereocenters. The Kier molecular flexibility index (Phi) is 6.78. The number of nitrogens with zero attached hydrogens (tertiary/aromatic N) is 2. The van der Waals surface area contributed by atoms with Crippen LogP contribution in [0.4, 0.5) is 4.79 Å². The van der Waals surface area contributed by atoms with Gasteiger partial charge in [-0.05, 0) is 11.8 Å². The van der Waals surface area contributed by atoms with Gasteiger partial charge in [0.1, 0.15) is 0 Å². The van der Waals surface area contributed by atoms with Gasteiger partial charge >= 0.3 is 12.0 Å². The highest BCUT2D eigenvalue weighted by Gasteiger charge is 2.21. The molecule has 1 aliphatic heterocycles. The molecule has 0 radical (unpaired) electrons. The average Bonchev–Trinajstić information content (AvgIpc) is 2.42. The van der Waals surface area contributed by atoms with Crippen molar-refractivity contribution in [2.45, 2.75) is 27.2 Å². The quantitative estimate of drug-likeness (QED) is 0.766. The van der Waals surface area contributed by atoms with Crippen LogP contribution in [0.5, 0.6) is 0 Å². The van der Waals surface area contributed by atoms with E-state index in [9.17, 15) is 9.59 Å². The van der Waals surface area contributed by atoms with Crippen molar-refractivity contribution in [2.24, 2.45) is 11.8 Å². The fourth-order valence-corrected chi connectivity index (χ4v) is 2.02. The van der Waals surface area contributed by atoms with Crippen LogP contribution >= 0.6 is 0 Å². The molecule has 1 fully saturated rings. The molecule has 6 heteroatoms. The molecule has 2 amide bonds. The topological polar surface area (TPSA) is 72.9 Å². The Labute approximate surface area is 121 Å². The molecule has 0 aliphatic carbocycles. The summed E-state index contributed by atoms with van der Waals surface area (Å²) in [5, 5.41) is 11.6. The first-order chi connectivity index (χ1) is 9.40. The number of urea groups is 1. The average molecular weight is 285 g/mol. The Balaban J connectivity index is 2.23. The van der Waals surface area contributed by atoms with E-state index in [0.29, 0.717) is 38.0 Å². The molecule has 0 aromatic heterocycles. The van der Waals surface area contributed by atoms with Gasteiger partial charge in [-0.15, -0.1) is 0 Å². The minimum atomic E-state index is -0.771. The molecule has 1 heterocycles. The summed E-state index contributed by atoms with van der Waals surface area (Å²) in [5.41, 5.74) is 0. The lowest BCUT2D eigenvalue weighted by Crippen LogP contribution is -2.52. The van der Waals surface area contributed by atoms with Gasteiger partial charge in [0.2, 0.25) is 0 Å². The van der Waals surface area contributed by atoms with E-state index in [1.54, 1.807) is 0 Å². The fraction of sp³-hybridized carbons (Fsp3) is 0.857. The van der Waals surface area contributed by atoms with Crippen LogP contribution in [0.2, 0.25) is 0 Å². The smallest absolute Gasteiger partial charge is 0.317 e. The number of hydrogen-bond acceptors (Lipinski definition) is 3. The molecule has 6 nitrogen and oxygen atoms in total. The number of carbonyl (C=O) groups excluding carboxylic acids is 1. The maximum atomic E-state index is 12.0. The van der Waals surface area contributed by atoms with Gasteiger partial charge < -0.3 is 15.3 Å². The number of carboxylic acids is 1. The van der Waals surface area contributed by atoms with Gasteiger partial charge in [-0.3, -0.25) is 9.69 Å². The number of nitrogens with one attached hydrogen (secondary N) is 1. The lowest BCUT2D eigenvalue weighted by molar-refractivity contribution is -0.137. The molecule has 116 valence electrons. The highest BCUT2D eigenvalue weighted by atomic mass is 16.4. The second-order valence-electron chi connectivity index (χ2n) is 5.88. The van der Waals surface area contributed by atoms with Crippen molar-refractivity contribution in [2.75, 3.05) is 39.3 Å². The molecule has 0 aromatic rings. The van der Waals surface area contributed by atoms with E-state index in [-0.39, 0.29) is 12.5 Å². The molecule has 0 bridgehead atoms. The molecule has 0 spiro atoms. The van der Waals surface area contributed by atoms with Crippen molar-refractivity contribution < 1.29 is 14.7 Å². The summed E-state index contributed by atoms with van der Waals surface area (Å²) >= 11 is 0. The van der Waals surface area contributed by atoms with Crippen LogP contribution in [-0.4, -0.2) is 66.2 Å². The summed E-state index contributed by atoms with van der Waals surface area (Å²) in [4.78, 5) is 26.4. The van der Waals surface area contributed by atoms with Gasteiger partial charge in [-0.25, -0.2) is 4.79 Å². The molecule has 0 saturated carbocycles. The number of rotatable bonds is 6. The van der Waals surface area contributed by atoms with E-state index >= 15 is 0 Å². The molecule has 0 aromatic carbocycles. The second-order valence-corrected chi connectivity index (χ2v) is 5.88. The SMILES string of the molecule is CC(C)C(C)CNC(=O)N1CCN(CCC(=O)O)CC1. The van der Waals surface area contributed by atoms with Crippen molar-refractivity contribution in [1.29, 1.82) is 0 Å². The van der Waals surface area contributed by atoms with Crippen molar-refractivity contribution in [3.8, 4) is 0 Å². The molecule has 1 aliphatic rings. The summed E-state index contributed by atoms with van der Waals surface area (Å²) in [6.07, 6.45) is 0.165. The largest absolute Gasteiger partial charge is 0.481 e. The molecule has 2 N–H and O–H groups in total. The van der Waals surface area contributed by atoms with E-state index in [2.05, 4.69) is 31.0 Å². The number of carboxylic acid groups (broad SMARTS) is 1. The zero-order valence-electron chi connectivity index (χ0n) is 12.8. The normalized spacial score (nSPS) is 18.1. The Bertz CT molecular complexity index is 326. The van der Waals surface area contributed by atoms with Crippen LogP contribution in [0.3, 0.4) is 0 Å². The lowest BCUT2D eigenvalue weighted by Gasteiger charge is -2.34. The maximum absolute atomic E-state index is 12.0. The number of carbonyl (C=O) groups is 2. The van der Waals surface area contributed by atoms with Gasteiger partial charge in [0, 0.05) is 39.3 Å². The lowest BCUT2D eigenvalue weighted by atomic mass is 9.98. The van der Waals surface area contributed by atoms with Gasteiger partial charge in [-0.1, -0.05) is 20.8 Å². The van der Waals surface area contributed by atoms with Gasteiger partial charge in [0.15, 0.2) is 0 Å². The number of amides is 2. The van der Waals surface area contributed by atoms with E-state index in [1.165, 1.54) is 0 Å². The maximum Gasteiger partial charge on any atom is 0.317 e. The first-order valence-electron chi connectivity index (χ1n) is 7.37. The van der Waals surface area contributed by atoms with Gasteiger partial charge in [0.05, 0.1) is 6.42 Å². The highest BCUT2D eigenvalue weighted by molar-refractivity contribution is 5.74. The second kappa shape index (κ2) is 8.09. The van der Waals surface area contributed by atoms with E-state index in [0.717, 1.165) is 13.1 Å². The standard InChI is InChI=1S/C14H27N3O3/c1-11(2)12(3)10-15-14(20)17-8-6-16(7-9-17)5-4-13(18)19/h11-12H,4-10H2,1-3H3,(H,15,20)(H,18,19). The molecule has 1 saturated heterocycles. The summed E-state index contributed by atoms with van der Waals surface area (Å²) in [6.45, 7) is 10.5.